The van der Waals surface area contributed by atoms with E-state index in [1.807, 2.05) is 12.1 Å². The molecule has 0 atom stereocenters. The summed E-state index contributed by atoms with van der Waals surface area (Å²) in [6.07, 6.45) is -0.195. The van der Waals surface area contributed by atoms with Crippen molar-refractivity contribution in [1.82, 2.24) is 10.6 Å². The van der Waals surface area contributed by atoms with Crippen LogP contribution in [0.15, 0.2) is 77.8 Å². The molecule has 1 aliphatic heterocycles. The first-order valence-corrected chi connectivity index (χ1v) is 19.9. The maximum absolute atomic E-state index is 14.6. The lowest BCUT2D eigenvalue weighted by Crippen LogP contribution is -2.55. The van der Waals surface area contributed by atoms with E-state index in [1.165, 1.54) is 55.4 Å². The Morgan fingerprint density at radius 3 is 1.89 bits per heavy atom. The molecule has 0 bridgehead atoms. The fraction of sp³-hybridized carbons (Fsp3) is 0.273. The molecule has 4 aromatic carbocycles. The summed E-state index contributed by atoms with van der Waals surface area (Å²) in [6.45, 7) is 22.8. The summed E-state index contributed by atoms with van der Waals surface area (Å²) in [5, 5.41) is 10.0. The van der Waals surface area contributed by atoms with E-state index in [1.54, 1.807) is 35.2 Å². The minimum atomic E-state index is -4.84. The van der Waals surface area contributed by atoms with Crippen LogP contribution < -0.4 is 30.5 Å². The Morgan fingerprint density at radius 1 is 0.844 bits per heavy atom. The lowest BCUT2D eigenvalue weighted by Gasteiger charge is -2.43. The zero-order chi connectivity index (χ0) is 47.0. The second-order valence-corrected chi connectivity index (χ2v) is 14.9. The van der Waals surface area contributed by atoms with Crippen molar-refractivity contribution in [2.75, 3.05) is 29.2 Å². The van der Waals surface area contributed by atoms with Crippen LogP contribution in [-0.2, 0) is 4.79 Å². The molecule has 0 unspecified atom stereocenters. The third kappa shape index (κ3) is 10.1. The number of isothiocyanates is 1. The predicted molar refractivity (Wildman–Crippen MR) is 237 cm³/mol. The van der Waals surface area contributed by atoms with Crippen LogP contribution in [0.3, 0.4) is 0 Å². The third-order valence-corrected chi connectivity index (χ3v) is 11.0. The monoisotopic (exact) mass is 913 g/mol. The molecule has 2 saturated carbocycles. The Morgan fingerprint density at radius 2 is 1.42 bits per heavy atom. The van der Waals surface area contributed by atoms with Gasteiger partial charge in [0, 0.05) is 38.3 Å². The number of aliphatic imine (C=N–C) groups is 1. The van der Waals surface area contributed by atoms with Crippen molar-refractivity contribution in [3.63, 3.8) is 0 Å². The number of nitrogens with one attached hydrogen (secondary N) is 3. The summed E-state index contributed by atoms with van der Waals surface area (Å²) in [6, 6.07) is 17.1. The highest BCUT2D eigenvalue weighted by Crippen LogP contribution is 2.48. The number of rotatable bonds is 8. The average Bonchev–Trinajstić information content (AvgIpc) is 3.48. The molecule has 13 nitrogen and oxygen atoms in total. The molecule has 20 heteroatoms. The van der Waals surface area contributed by atoms with Crippen LogP contribution in [0.2, 0.25) is 0 Å². The van der Waals surface area contributed by atoms with E-state index in [0.29, 0.717) is 35.6 Å². The SMILES string of the molecule is [C-]#[N+]C1(Nc2ccc(C(=O)NC)c(F)c2)CCC1.[C-]#[N+]c1ccc(N2C(=O)C3(CCC3)N(c3ccc(C(=O)NC)c(F)c3)C2=S)c(C)c1.[C-]#[N+]c1ccc(N=C=S)c(OC(F)(F)F)c1. The molecule has 1 saturated heterocycles. The number of carbonyl (C=O) groups is 3. The van der Waals surface area contributed by atoms with Crippen LogP contribution >= 0.6 is 24.4 Å². The first kappa shape index (κ1) is 47.7. The average molecular weight is 914 g/mol. The first-order valence-electron chi connectivity index (χ1n) is 19.1. The largest absolute Gasteiger partial charge is 0.573 e. The van der Waals surface area contributed by atoms with Crippen molar-refractivity contribution < 1.29 is 41.1 Å². The summed E-state index contributed by atoms with van der Waals surface area (Å²) in [7, 11) is 2.89. The molecule has 328 valence electrons. The summed E-state index contributed by atoms with van der Waals surface area (Å²) in [5.74, 6) is -2.95. The summed E-state index contributed by atoms with van der Waals surface area (Å²) in [4.78, 5) is 53.2. The zero-order valence-corrected chi connectivity index (χ0v) is 35.8. The van der Waals surface area contributed by atoms with Crippen molar-refractivity contribution in [2.45, 2.75) is 63.0 Å². The van der Waals surface area contributed by atoms with Crippen molar-refractivity contribution in [3.05, 3.63) is 135 Å². The molecule has 3 N–H and O–H groups in total. The summed E-state index contributed by atoms with van der Waals surface area (Å²) >= 11 is 9.97. The number of anilines is 3. The topological polar surface area (TPSA) is 128 Å². The number of hydrogen-bond donors (Lipinski definition) is 3. The molecule has 4 aromatic rings. The van der Waals surface area contributed by atoms with Gasteiger partial charge in [-0.3, -0.25) is 24.1 Å². The van der Waals surface area contributed by atoms with Gasteiger partial charge in [-0.05, 0) is 117 Å². The molecular formula is C44H36F5N9O4S2. The number of nitrogens with zero attached hydrogens (tertiary/aromatic N) is 6. The molecule has 3 amide bonds. The van der Waals surface area contributed by atoms with Crippen LogP contribution in [-0.4, -0.2) is 59.7 Å². The molecule has 1 heterocycles. The number of halogens is 5. The maximum atomic E-state index is 14.6. The second kappa shape index (κ2) is 19.8. The molecule has 0 radical (unpaired) electrons. The highest BCUT2D eigenvalue weighted by molar-refractivity contribution is 7.81. The molecule has 3 fully saturated rings. The van der Waals surface area contributed by atoms with E-state index in [9.17, 15) is 36.3 Å². The summed E-state index contributed by atoms with van der Waals surface area (Å²) < 4.78 is 68.1. The first-order chi connectivity index (χ1) is 30.4. The smallest absolute Gasteiger partial charge is 0.405 e. The minimum absolute atomic E-state index is 0.00789. The van der Waals surface area contributed by atoms with Gasteiger partial charge in [0.15, 0.2) is 16.5 Å². The van der Waals surface area contributed by atoms with E-state index < -0.39 is 46.8 Å². The van der Waals surface area contributed by atoms with Crippen LogP contribution in [0.25, 0.3) is 14.5 Å². The maximum Gasteiger partial charge on any atom is 0.573 e. The van der Waals surface area contributed by atoms with E-state index in [-0.39, 0.29) is 33.5 Å². The van der Waals surface area contributed by atoms with Gasteiger partial charge < -0.3 is 25.6 Å². The van der Waals surface area contributed by atoms with Crippen molar-refractivity contribution in [1.29, 1.82) is 0 Å². The van der Waals surface area contributed by atoms with Crippen LogP contribution in [0.5, 0.6) is 5.75 Å². The van der Waals surface area contributed by atoms with Gasteiger partial charge in [-0.1, -0.05) is 18.2 Å². The fourth-order valence-corrected chi connectivity index (χ4v) is 7.55. The Kier molecular flexibility index (Phi) is 14.8. The lowest BCUT2D eigenvalue weighted by atomic mass is 9.75. The molecule has 0 aromatic heterocycles. The minimum Gasteiger partial charge on any atom is -0.405 e. The molecule has 64 heavy (non-hydrogen) atoms. The number of amides is 3. The Labute approximate surface area is 375 Å². The normalized spacial score (nSPS) is 15.1. The second-order valence-electron chi connectivity index (χ2n) is 14.4. The van der Waals surface area contributed by atoms with Gasteiger partial charge in [0.1, 0.15) is 28.6 Å². The van der Waals surface area contributed by atoms with Gasteiger partial charge in [0.2, 0.25) is 0 Å². The van der Waals surface area contributed by atoms with Crippen molar-refractivity contribution >= 4 is 86.6 Å². The highest BCUT2D eigenvalue weighted by atomic mass is 32.1. The standard InChI is InChI=1S/C22H19FN4O2S.C13H14FN3O.C9H3F3N2OS/c1-13-11-14(24-2)5-8-18(13)26-20(29)22(9-4-10-22)27(21(26)30)15-6-7-16(17(23)12-15)19(28)25-3;1-15-12(18)10-5-4-9(8-11(10)14)17-13(16-2)6-3-7-13;1-13-6-2-3-7(14-5-16)8(4-6)15-9(10,11)12/h5-8,11-12H,4,9-10H2,1,3H3,(H,25,28);4-5,8,17H,3,6-7H2,1H3,(H,15,18);2-4H. The highest BCUT2D eigenvalue weighted by Gasteiger charge is 2.59. The molecule has 2 aliphatic carbocycles. The Hall–Kier alpha value is -7.30. The quantitative estimate of drug-likeness (QED) is 0.0690. The number of aryl methyl sites for hydroxylation is 1. The van der Waals surface area contributed by atoms with Crippen LogP contribution in [0.1, 0.15) is 64.8 Å². The number of thiocarbonyl (C=S) groups is 2. The van der Waals surface area contributed by atoms with Crippen molar-refractivity contribution in [2.24, 2.45) is 4.99 Å². The zero-order valence-electron chi connectivity index (χ0n) is 34.2. The van der Waals surface area contributed by atoms with E-state index in [4.69, 9.17) is 31.9 Å². The molecule has 1 spiro atoms. The van der Waals surface area contributed by atoms with Gasteiger partial charge in [-0.15, -0.1) is 13.2 Å². The number of carbonyl (C=O) groups excluding carboxylic acids is 3. The number of benzene rings is 4. The Balaban J connectivity index is 0.000000195. The molecular weight excluding hydrogens is 878 g/mol. The van der Waals surface area contributed by atoms with Crippen LogP contribution in [0.4, 0.5) is 56.1 Å². The lowest BCUT2D eigenvalue weighted by molar-refractivity contribution is -0.274. The van der Waals surface area contributed by atoms with Gasteiger partial charge in [-0.25, -0.2) is 25.0 Å². The van der Waals surface area contributed by atoms with E-state index in [2.05, 4.69) is 52.4 Å². The molecule has 7 rings (SSSR count). The summed E-state index contributed by atoms with van der Waals surface area (Å²) in [5.41, 5.74) is 1.25. The van der Waals surface area contributed by atoms with E-state index >= 15 is 0 Å². The Bertz CT molecular complexity index is 2700. The van der Waals surface area contributed by atoms with Gasteiger partial charge >= 0.3 is 12.0 Å². The third-order valence-electron chi connectivity index (χ3n) is 10.5. The van der Waals surface area contributed by atoms with E-state index in [0.717, 1.165) is 37.3 Å². The number of hydrogen-bond acceptors (Lipinski definition) is 8. The van der Waals surface area contributed by atoms with Gasteiger partial charge in [0.05, 0.1) is 35.1 Å². The van der Waals surface area contributed by atoms with Crippen LogP contribution in [0, 0.1) is 38.3 Å². The number of ether oxygens (including phenoxy) is 1. The fourth-order valence-electron chi connectivity index (χ4n) is 6.99. The van der Waals surface area contributed by atoms with Gasteiger partial charge in [0.25, 0.3) is 17.7 Å². The number of alkyl halides is 3. The molecule has 3 aliphatic rings. The van der Waals surface area contributed by atoms with Crippen molar-refractivity contribution in [3.8, 4) is 5.75 Å². The predicted octanol–water partition coefficient (Wildman–Crippen LogP) is 10.4. The van der Waals surface area contributed by atoms with Gasteiger partial charge in [-0.2, -0.15) is 4.99 Å².